The minimum absolute atomic E-state index is 0.541. The highest BCUT2D eigenvalue weighted by Crippen LogP contribution is 2.68. The van der Waals surface area contributed by atoms with E-state index in [1.165, 1.54) is 25.7 Å². The quantitative estimate of drug-likeness (QED) is 0.559. The van der Waals surface area contributed by atoms with Gasteiger partial charge in [-0.1, -0.05) is 32.9 Å². The summed E-state index contributed by atoms with van der Waals surface area (Å²) in [6.45, 7) is 11.8. The van der Waals surface area contributed by atoms with Gasteiger partial charge < -0.3 is 0 Å². The molecule has 15 heavy (non-hydrogen) atoms. The first-order valence-electron chi connectivity index (χ1n) is 6.73. The van der Waals surface area contributed by atoms with Gasteiger partial charge in [-0.15, -0.1) is 0 Å². The molecular weight excluding hydrogens is 180 g/mol. The van der Waals surface area contributed by atoms with E-state index in [4.69, 9.17) is 0 Å². The summed E-state index contributed by atoms with van der Waals surface area (Å²) in [5, 5.41) is 0. The van der Waals surface area contributed by atoms with Crippen molar-refractivity contribution in [3.63, 3.8) is 0 Å². The van der Waals surface area contributed by atoms with E-state index >= 15 is 0 Å². The van der Waals surface area contributed by atoms with Gasteiger partial charge >= 0.3 is 0 Å². The van der Waals surface area contributed by atoms with Gasteiger partial charge in [0.05, 0.1) is 0 Å². The van der Waals surface area contributed by atoms with Crippen LogP contribution in [0.25, 0.3) is 0 Å². The largest absolute Gasteiger partial charge is 0.0990 e. The summed E-state index contributed by atoms with van der Waals surface area (Å²) in [4.78, 5) is 0. The van der Waals surface area contributed by atoms with Gasteiger partial charge in [-0.3, -0.25) is 0 Å². The Hall–Kier alpha value is -0.260. The number of rotatable bonds is 1. The Morgan fingerprint density at radius 2 is 2.07 bits per heavy atom. The van der Waals surface area contributed by atoms with Crippen molar-refractivity contribution in [3.05, 3.63) is 12.2 Å². The van der Waals surface area contributed by atoms with Crippen molar-refractivity contribution in [1.82, 2.24) is 0 Å². The minimum Gasteiger partial charge on any atom is -0.0990 e. The number of hydrogen-bond acceptors (Lipinski definition) is 0. The first-order valence-corrected chi connectivity index (χ1v) is 6.73. The van der Waals surface area contributed by atoms with E-state index in [1.54, 1.807) is 5.57 Å². The smallest absolute Gasteiger partial charge is 0.00850 e. The Morgan fingerprint density at radius 3 is 2.67 bits per heavy atom. The molecule has 3 saturated carbocycles. The summed E-state index contributed by atoms with van der Waals surface area (Å²) < 4.78 is 0. The van der Waals surface area contributed by atoms with Crippen molar-refractivity contribution in [2.45, 2.75) is 46.5 Å². The second-order valence-corrected chi connectivity index (χ2v) is 6.83. The zero-order valence-corrected chi connectivity index (χ0v) is 10.4. The summed E-state index contributed by atoms with van der Waals surface area (Å²) in [6, 6.07) is 0. The van der Waals surface area contributed by atoms with E-state index in [2.05, 4.69) is 27.4 Å². The SMILES string of the molecule is C=C1C2CC3C(C2)[C@]1(C)CC[C@H]3C(C)C. The summed E-state index contributed by atoms with van der Waals surface area (Å²) in [5.74, 6) is 4.84. The molecule has 0 heterocycles. The van der Waals surface area contributed by atoms with Gasteiger partial charge in [0.2, 0.25) is 0 Å². The van der Waals surface area contributed by atoms with Gasteiger partial charge in [0.1, 0.15) is 0 Å². The van der Waals surface area contributed by atoms with Gasteiger partial charge in [0.15, 0.2) is 0 Å². The monoisotopic (exact) mass is 204 g/mol. The van der Waals surface area contributed by atoms with E-state index in [-0.39, 0.29) is 0 Å². The standard InChI is InChI=1S/C15H24/c1-9(2)12-5-6-15(4)10(3)11-7-13(12)14(15)8-11/h9,11-14H,3,5-8H2,1-2,4H3/t11?,12-,13?,14?,15+/m0/s1. The van der Waals surface area contributed by atoms with Crippen molar-refractivity contribution in [2.24, 2.45) is 35.0 Å². The van der Waals surface area contributed by atoms with Crippen LogP contribution in [0.3, 0.4) is 0 Å². The van der Waals surface area contributed by atoms with Crippen molar-refractivity contribution in [3.8, 4) is 0 Å². The molecule has 0 aromatic rings. The Kier molecular flexibility index (Phi) is 1.92. The lowest BCUT2D eigenvalue weighted by atomic mass is 9.55. The topological polar surface area (TPSA) is 0 Å². The maximum atomic E-state index is 4.40. The minimum atomic E-state index is 0.541. The molecule has 0 heteroatoms. The lowest BCUT2D eigenvalue weighted by Gasteiger charge is -2.50. The Morgan fingerprint density at radius 1 is 1.33 bits per heavy atom. The molecule has 0 saturated heterocycles. The van der Waals surface area contributed by atoms with Crippen LogP contribution < -0.4 is 0 Å². The van der Waals surface area contributed by atoms with Gasteiger partial charge in [-0.05, 0) is 60.7 Å². The van der Waals surface area contributed by atoms with Gasteiger partial charge in [-0.25, -0.2) is 0 Å². The molecule has 3 aliphatic carbocycles. The van der Waals surface area contributed by atoms with Crippen LogP contribution in [0.15, 0.2) is 12.2 Å². The Labute approximate surface area is 94.1 Å². The van der Waals surface area contributed by atoms with Crippen molar-refractivity contribution >= 4 is 0 Å². The second kappa shape index (κ2) is 2.90. The van der Waals surface area contributed by atoms with Gasteiger partial charge in [0, 0.05) is 0 Å². The highest BCUT2D eigenvalue weighted by Gasteiger charge is 2.59. The van der Waals surface area contributed by atoms with Crippen LogP contribution in [0.2, 0.25) is 0 Å². The normalized spacial score (nSPS) is 52.9. The molecule has 2 bridgehead atoms. The van der Waals surface area contributed by atoms with E-state index < -0.39 is 0 Å². The molecule has 3 unspecified atom stereocenters. The van der Waals surface area contributed by atoms with Crippen LogP contribution >= 0.6 is 0 Å². The third-order valence-corrected chi connectivity index (χ3v) is 6.06. The summed E-state index contributed by atoms with van der Waals surface area (Å²) in [5.41, 5.74) is 2.16. The number of fused-ring (bicyclic) bond motifs is 1. The molecule has 0 radical (unpaired) electrons. The maximum absolute atomic E-state index is 4.40. The van der Waals surface area contributed by atoms with Crippen LogP contribution in [-0.4, -0.2) is 0 Å². The van der Waals surface area contributed by atoms with Crippen LogP contribution in [0, 0.1) is 35.0 Å². The predicted molar refractivity (Wildman–Crippen MR) is 64.5 cm³/mol. The molecule has 5 atom stereocenters. The van der Waals surface area contributed by atoms with E-state index in [1.807, 2.05) is 0 Å². The highest BCUT2D eigenvalue weighted by molar-refractivity contribution is 5.27. The van der Waals surface area contributed by atoms with Crippen LogP contribution in [0.4, 0.5) is 0 Å². The maximum Gasteiger partial charge on any atom is -0.00850 e. The molecule has 3 fully saturated rings. The van der Waals surface area contributed by atoms with E-state index in [9.17, 15) is 0 Å². The second-order valence-electron chi connectivity index (χ2n) is 6.83. The number of allylic oxidation sites excluding steroid dienone is 1. The zero-order chi connectivity index (χ0) is 10.8. The van der Waals surface area contributed by atoms with Crippen LogP contribution in [0.1, 0.15) is 46.5 Å². The lowest BCUT2D eigenvalue weighted by Crippen LogP contribution is -2.42. The summed E-state index contributed by atoms with van der Waals surface area (Å²) >= 11 is 0. The predicted octanol–water partition coefficient (Wildman–Crippen LogP) is 4.27. The van der Waals surface area contributed by atoms with Gasteiger partial charge in [0.25, 0.3) is 0 Å². The number of hydrogen-bond donors (Lipinski definition) is 0. The summed E-state index contributed by atoms with van der Waals surface area (Å²) in [6.07, 6.45) is 5.83. The molecule has 0 aliphatic heterocycles. The average Bonchev–Trinajstić information content (AvgIpc) is 2.69. The van der Waals surface area contributed by atoms with E-state index in [0.717, 1.165) is 29.6 Å². The average molecular weight is 204 g/mol. The molecule has 0 aromatic heterocycles. The Bertz CT molecular complexity index is 301. The fourth-order valence-electron chi connectivity index (χ4n) is 5.12. The van der Waals surface area contributed by atoms with Gasteiger partial charge in [-0.2, -0.15) is 0 Å². The molecule has 0 amide bonds. The molecule has 0 aromatic carbocycles. The molecule has 3 rings (SSSR count). The third kappa shape index (κ3) is 1.09. The molecule has 0 N–H and O–H groups in total. The van der Waals surface area contributed by atoms with Crippen molar-refractivity contribution in [1.29, 1.82) is 0 Å². The van der Waals surface area contributed by atoms with Crippen LogP contribution in [-0.2, 0) is 0 Å². The molecule has 84 valence electrons. The fourth-order valence-corrected chi connectivity index (χ4v) is 5.12. The first-order chi connectivity index (χ1) is 7.04. The van der Waals surface area contributed by atoms with Crippen molar-refractivity contribution in [2.75, 3.05) is 0 Å². The Balaban J connectivity index is 1.93. The molecule has 0 nitrogen and oxygen atoms in total. The van der Waals surface area contributed by atoms with E-state index in [0.29, 0.717) is 5.41 Å². The fraction of sp³-hybridized carbons (Fsp3) is 0.867. The summed E-state index contributed by atoms with van der Waals surface area (Å²) in [7, 11) is 0. The highest BCUT2D eigenvalue weighted by atomic mass is 14.6. The first kappa shape index (κ1) is 9.93. The molecule has 3 aliphatic rings. The lowest BCUT2D eigenvalue weighted by molar-refractivity contribution is 0.0372. The van der Waals surface area contributed by atoms with Crippen molar-refractivity contribution < 1.29 is 0 Å². The third-order valence-electron chi connectivity index (χ3n) is 6.06. The molecular formula is C15H24. The van der Waals surface area contributed by atoms with Crippen LogP contribution in [0.5, 0.6) is 0 Å². The zero-order valence-electron chi connectivity index (χ0n) is 10.4. The molecule has 0 spiro atoms.